The van der Waals surface area contributed by atoms with Gasteiger partial charge in [-0.2, -0.15) is 0 Å². The predicted octanol–water partition coefficient (Wildman–Crippen LogP) is 4.01. The highest BCUT2D eigenvalue weighted by atomic mass is 15.0. The minimum Gasteiger partial charge on any atom is -0.373 e. The molecule has 0 aliphatic rings. The maximum atomic E-state index is 4.69. The topological polar surface area (TPSA) is 37.8 Å². The number of benzene rings is 1. The average molecular weight is 269 g/mol. The molecule has 1 aromatic carbocycles. The molecular formula is C17H23N3. The maximum absolute atomic E-state index is 4.69. The van der Waals surface area contributed by atoms with Crippen LogP contribution in [0.1, 0.15) is 37.2 Å². The van der Waals surface area contributed by atoms with Crippen molar-refractivity contribution in [3.05, 3.63) is 41.2 Å². The van der Waals surface area contributed by atoms with Crippen LogP contribution in [0.25, 0.3) is 11.3 Å². The fraction of sp³-hybridized carbons (Fsp3) is 0.412. The quantitative estimate of drug-likeness (QED) is 0.891. The number of anilines is 1. The van der Waals surface area contributed by atoms with Gasteiger partial charge in [-0.1, -0.05) is 44.5 Å². The van der Waals surface area contributed by atoms with E-state index in [-0.39, 0.29) is 0 Å². The fourth-order valence-corrected chi connectivity index (χ4v) is 2.36. The zero-order valence-corrected chi connectivity index (χ0v) is 12.8. The van der Waals surface area contributed by atoms with Crippen molar-refractivity contribution in [3.8, 4) is 11.3 Å². The molecule has 0 bridgehead atoms. The summed E-state index contributed by atoms with van der Waals surface area (Å²) in [7, 11) is 1.91. The molecule has 0 amide bonds. The van der Waals surface area contributed by atoms with Crippen LogP contribution in [0.15, 0.2) is 24.3 Å². The molecule has 0 saturated carbocycles. The summed E-state index contributed by atoms with van der Waals surface area (Å²) in [6, 6.07) is 8.73. The zero-order valence-electron chi connectivity index (χ0n) is 12.8. The van der Waals surface area contributed by atoms with Crippen LogP contribution in [0.4, 0.5) is 5.82 Å². The molecule has 1 heterocycles. The third kappa shape index (κ3) is 2.98. The van der Waals surface area contributed by atoms with E-state index in [1.807, 2.05) is 7.05 Å². The molecule has 0 saturated heterocycles. The number of nitrogens with zero attached hydrogens (tertiary/aromatic N) is 2. The molecule has 0 spiro atoms. The Labute approximate surface area is 121 Å². The molecule has 0 aliphatic heterocycles. The summed E-state index contributed by atoms with van der Waals surface area (Å²) in [5.41, 5.74) is 4.68. The average Bonchev–Trinajstić information content (AvgIpc) is 2.49. The molecule has 1 aromatic heterocycles. The van der Waals surface area contributed by atoms with E-state index < -0.39 is 0 Å². The SMILES string of the molecule is CCCc1ccc(-c2nc(CC)nc(NC)c2C)cc1. The van der Waals surface area contributed by atoms with E-state index in [1.54, 1.807) is 0 Å². The zero-order chi connectivity index (χ0) is 14.5. The Morgan fingerprint density at radius 3 is 2.30 bits per heavy atom. The van der Waals surface area contributed by atoms with Gasteiger partial charge >= 0.3 is 0 Å². The minimum atomic E-state index is 0.843. The Hall–Kier alpha value is -1.90. The van der Waals surface area contributed by atoms with Crippen molar-refractivity contribution in [3.63, 3.8) is 0 Å². The molecule has 3 heteroatoms. The number of aryl methyl sites for hydroxylation is 2. The molecule has 0 unspecified atom stereocenters. The van der Waals surface area contributed by atoms with Crippen LogP contribution in [0.3, 0.4) is 0 Å². The molecule has 1 N–H and O–H groups in total. The summed E-state index contributed by atoms with van der Waals surface area (Å²) in [5, 5.41) is 3.16. The molecule has 106 valence electrons. The Bertz CT molecular complexity index is 574. The first-order chi connectivity index (χ1) is 9.69. The highest BCUT2D eigenvalue weighted by Gasteiger charge is 2.11. The molecule has 0 aliphatic carbocycles. The van der Waals surface area contributed by atoms with E-state index in [0.29, 0.717) is 0 Å². The van der Waals surface area contributed by atoms with Crippen molar-refractivity contribution in [1.29, 1.82) is 0 Å². The lowest BCUT2D eigenvalue weighted by molar-refractivity contribution is 0.921. The molecule has 0 atom stereocenters. The lowest BCUT2D eigenvalue weighted by Gasteiger charge is -2.12. The second kappa shape index (κ2) is 6.51. The van der Waals surface area contributed by atoms with Gasteiger partial charge in [-0.15, -0.1) is 0 Å². The third-order valence-corrected chi connectivity index (χ3v) is 3.51. The van der Waals surface area contributed by atoms with Gasteiger partial charge in [-0.25, -0.2) is 9.97 Å². The lowest BCUT2D eigenvalue weighted by Crippen LogP contribution is -2.04. The van der Waals surface area contributed by atoms with Crippen molar-refractivity contribution in [2.45, 2.75) is 40.0 Å². The smallest absolute Gasteiger partial charge is 0.132 e. The van der Waals surface area contributed by atoms with Gasteiger partial charge in [0.2, 0.25) is 0 Å². The van der Waals surface area contributed by atoms with Crippen LogP contribution >= 0.6 is 0 Å². The summed E-state index contributed by atoms with van der Waals surface area (Å²) in [6.07, 6.45) is 3.15. The van der Waals surface area contributed by atoms with Crippen LogP contribution < -0.4 is 5.32 Å². The van der Waals surface area contributed by atoms with Gasteiger partial charge in [0.05, 0.1) is 5.69 Å². The van der Waals surface area contributed by atoms with E-state index in [2.05, 4.69) is 55.3 Å². The highest BCUT2D eigenvalue weighted by Crippen LogP contribution is 2.26. The molecule has 3 nitrogen and oxygen atoms in total. The monoisotopic (exact) mass is 269 g/mol. The third-order valence-electron chi connectivity index (χ3n) is 3.51. The van der Waals surface area contributed by atoms with Gasteiger partial charge in [0.1, 0.15) is 11.6 Å². The standard InChI is InChI=1S/C17H23N3/c1-5-7-13-8-10-14(11-9-13)16-12(3)17(18-4)20-15(6-2)19-16/h8-11H,5-7H2,1-4H3,(H,18,19,20). The largest absolute Gasteiger partial charge is 0.373 e. The molecular weight excluding hydrogens is 246 g/mol. The van der Waals surface area contributed by atoms with Crippen molar-refractivity contribution in [1.82, 2.24) is 9.97 Å². The number of rotatable bonds is 5. The number of hydrogen-bond donors (Lipinski definition) is 1. The summed E-state index contributed by atoms with van der Waals surface area (Å²) < 4.78 is 0. The first kappa shape index (κ1) is 14.5. The summed E-state index contributed by atoms with van der Waals surface area (Å²) in [4.78, 5) is 9.21. The summed E-state index contributed by atoms with van der Waals surface area (Å²) >= 11 is 0. The number of aromatic nitrogens is 2. The minimum absolute atomic E-state index is 0.843. The molecule has 20 heavy (non-hydrogen) atoms. The molecule has 0 radical (unpaired) electrons. The van der Waals surface area contributed by atoms with Crippen molar-refractivity contribution < 1.29 is 0 Å². The van der Waals surface area contributed by atoms with Crippen LogP contribution in [-0.2, 0) is 12.8 Å². The van der Waals surface area contributed by atoms with Crippen LogP contribution in [-0.4, -0.2) is 17.0 Å². The van der Waals surface area contributed by atoms with E-state index in [4.69, 9.17) is 4.98 Å². The van der Waals surface area contributed by atoms with Gasteiger partial charge in [-0.05, 0) is 18.9 Å². The van der Waals surface area contributed by atoms with E-state index in [0.717, 1.165) is 41.3 Å². The Balaban J connectivity index is 2.45. The van der Waals surface area contributed by atoms with Crippen LogP contribution in [0.2, 0.25) is 0 Å². The fourth-order valence-electron chi connectivity index (χ4n) is 2.36. The van der Waals surface area contributed by atoms with Crippen molar-refractivity contribution in [2.24, 2.45) is 0 Å². The maximum Gasteiger partial charge on any atom is 0.132 e. The lowest BCUT2D eigenvalue weighted by atomic mass is 10.0. The summed E-state index contributed by atoms with van der Waals surface area (Å²) in [5.74, 6) is 1.80. The van der Waals surface area contributed by atoms with Crippen LogP contribution in [0.5, 0.6) is 0 Å². The summed E-state index contributed by atoms with van der Waals surface area (Å²) in [6.45, 7) is 6.36. The second-order valence-corrected chi connectivity index (χ2v) is 5.01. The second-order valence-electron chi connectivity index (χ2n) is 5.01. The molecule has 2 aromatic rings. The van der Waals surface area contributed by atoms with Crippen molar-refractivity contribution >= 4 is 5.82 Å². The van der Waals surface area contributed by atoms with Crippen LogP contribution in [0, 0.1) is 6.92 Å². The Kier molecular flexibility index (Phi) is 4.72. The van der Waals surface area contributed by atoms with Gasteiger partial charge in [0.15, 0.2) is 0 Å². The Morgan fingerprint density at radius 1 is 1.05 bits per heavy atom. The predicted molar refractivity (Wildman–Crippen MR) is 85.1 cm³/mol. The van der Waals surface area contributed by atoms with Crippen molar-refractivity contribution in [2.75, 3.05) is 12.4 Å². The van der Waals surface area contributed by atoms with Gasteiger partial charge < -0.3 is 5.32 Å². The van der Waals surface area contributed by atoms with Gasteiger partial charge in [0, 0.05) is 24.6 Å². The number of hydrogen-bond acceptors (Lipinski definition) is 3. The number of nitrogens with one attached hydrogen (secondary N) is 1. The first-order valence-corrected chi connectivity index (χ1v) is 7.34. The molecule has 2 rings (SSSR count). The van der Waals surface area contributed by atoms with E-state index >= 15 is 0 Å². The highest BCUT2D eigenvalue weighted by molar-refractivity contribution is 5.68. The molecule has 0 fully saturated rings. The van der Waals surface area contributed by atoms with E-state index in [9.17, 15) is 0 Å². The van der Waals surface area contributed by atoms with Gasteiger partial charge in [-0.3, -0.25) is 0 Å². The van der Waals surface area contributed by atoms with E-state index in [1.165, 1.54) is 12.0 Å². The van der Waals surface area contributed by atoms with Gasteiger partial charge in [0.25, 0.3) is 0 Å². The first-order valence-electron chi connectivity index (χ1n) is 7.34. The Morgan fingerprint density at radius 2 is 1.75 bits per heavy atom. The normalized spacial score (nSPS) is 10.6.